The molecule has 236 valence electrons. The van der Waals surface area contributed by atoms with Gasteiger partial charge in [0.15, 0.2) is 0 Å². The average molecular weight is 613 g/mol. The van der Waals surface area contributed by atoms with Gasteiger partial charge in [-0.05, 0) is 50.0 Å². The number of carbonyl (C=O) groups is 1. The third-order valence-corrected chi connectivity index (χ3v) is 9.15. The number of aliphatic hydroxyl groups is 1. The van der Waals surface area contributed by atoms with Crippen LogP contribution in [-0.2, 0) is 18.8 Å². The molecule has 0 aliphatic rings. The summed E-state index contributed by atoms with van der Waals surface area (Å²) in [6, 6.07) is 10.4. The van der Waals surface area contributed by atoms with Crippen molar-refractivity contribution in [1.29, 1.82) is 0 Å². The van der Waals surface area contributed by atoms with Gasteiger partial charge in [-0.1, -0.05) is 128 Å². The Morgan fingerprint density at radius 2 is 1.39 bits per heavy atom. The highest BCUT2D eigenvalue weighted by atomic mass is 32.1. The SMILES string of the molecule is CCCCCCCCCC(S)(CCC(CCCCCCCC)c1ccccc1)OC(P=O)(C(=O)O)C(O)OCCC. The van der Waals surface area contributed by atoms with E-state index in [1.807, 2.05) is 13.0 Å². The Bertz CT molecular complexity index is 812. The predicted octanol–water partition coefficient (Wildman–Crippen LogP) is 9.90. The van der Waals surface area contributed by atoms with E-state index >= 15 is 0 Å². The molecule has 1 aromatic carbocycles. The van der Waals surface area contributed by atoms with Gasteiger partial charge < -0.3 is 19.7 Å². The normalized spacial score (nSPS) is 16.2. The van der Waals surface area contributed by atoms with Crippen LogP contribution in [0.5, 0.6) is 0 Å². The number of unbranched alkanes of at least 4 members (excludes halogenated alkanes) is 11. The molecule has 1 aromatic rings. The quantitative estimate of drug-likeness (QED) is 0.0396. The van der Waals surface area contributed by atoms with E-state index < -0.39 is 31.0 Å². The van der Waals surface area contributed by atoms with Crippen LogP contribution in [-0.4, -0.2) is 39.4 Å². The summed E-state index contributed by atoms with van der Waals surface area (Å²) in [6.07, 6.45) is 16.5. The largest absolute Gasteiger partial charge is 0.478 e. The number of thiol groups is 1. The molecule has 0 saturated carbocycles. The number of benzene rings is 1. The molecule has 0 heterocycles. The Balaban J connectivity index is 3.08. The first kappa shape index (κ1) is 38.0. The molecule has 4 atom stereocenters. The predicted molar refractivity (Wildman–Crippen MR) is 172 cm³/mol. The zero-order valence-electron chi connectivity index (χ0n) is 25.9. The highest BCUT2D eigenvalue weighted by molar-refractivity contribution is 7.81. The van der Waals surface area contributed by atoms with Crippen molar-refractivity contribution < 1.29 is 29.0 Å². The Morgan fingerprint density at radius 3 is 1.93 bits per heavy atom. The molecule has 2 N–H and O–H groups in total. The molecule has 41 heavy (non-hydrogen) atoms. The number of rotatable bonds is 27. The minimum Gasteiger partial charge on any atom is -0.478 e. The van der Waals surface area contributed by atoms with Gasteiger partial charge in [0.2, 0.25) is 14.8 Å². The molecule has 0 amide bonds. The Hall–Kier alpha value is -0.980. The second kappa shape index (κ2) is 22.5. The van der Waals surface area contributed by atoms with Gasteiger partial charge in [-0.15, -0.1) is 12.6 Å². The Kier molecular flexibility index (Phi) is 20.9. The van der Waals surface area contributed by atoms with Crippen LogP contribution in [0.1, 0.15) is 148 Å². The molecule has 6 nitrogen and oxygen atoms in total. The van der Waals surface area contributed by atoms with Crippen molar-refractivity contribution in [3.8, 4) is 0 Å². The van der Waals surface area contributed by atoms with Gasteiger partial charge >= 0.3 is 5.97 Å². The summed E-state index contributed by atoms with van der Waals surface area (Å²) in [5.74, 6) is -1.25. The fourth-order valence-electron chi connectivity index (χ4n) is 5.29. The smallest absolute Gasteiger partial charge is 0.353 e. The molecule has 0 saturated heterocycles. The maximum Gasteiger partial charge on any atom is 0.353 e. The van der Waals surface area contributed by atoms with Crippen LogP contribution in [0.2, 0.25) is 0 Å². The number of carboxylic acid groups (broad SMARTS) is 1. The van der Waals surface area contributed by atoms with Crippen molar-refractivity contribution in [2.45, 2.75) is 159 Å². The maximum absolute atomic E-state index is 12.4. The molecule has 8 heteroatoms. The van der Waals surface area contributed by atoms with Crippen LogP contribution in [0.4, 0.5) is 0 Å². The second-order valence-corrected chi connectivity index (χ2v) is 13.1. The monoisotopic (exact) mass is 612 g/mol. The second-order valence-electron chi connectivity index (χ2n) is 11.4. The Morgan fingerprint density at radius 1 is 0.829 bits per heavy atom. The average Bonchev–Trinajstić information content (AvgIpc) is 2.97. The van der Waals surface area contributed by atoms with Crippen LogP contribution >= 0.6 is 21.1 Å². The molecule has 0 fully saturated rings. The Labute approximate surface area is 257 Å². The van der Waals surface area contributed by atoms with Crippen LogP contribution in [0.15, 0.2) is 30.3 Å². The van der Waals surface area contributed by atoms with Gasteiger partial charge in [0.25, 0.3) is 5.34 Å². The number of ether oxygens (including phenoxy) is 2. The van der Waals surface area contributed by atoms with Crippen molar-refractivity contribution >= 4 is 27.1 Å². The number of aliphatic hydroxyl groups excluding tert-OH is 1. The van der Waals surface area contributed by atoms with E-state index in [2.05, 4.69) is 38.1 Å². The standard InChI is InChI=1S/C33H57O6PS/c1-4-7-9-11-13-15-20-25-32(41,39-33(40-37,30(34)35)31(36)38-27-6-3)26-24-29(28-21-18-16-19-22-28)23-17-14-12-10-8-5-2/h16,18-19,21-22,29,31,36,41H,4-15,17,20,23-27H2,1-3H3,(H,34,35). The van der Waals surface area contributed by atoms with Crippen LogP contribution in [0.3, 0.4) is 0 Å². The first-order chi connectivity index (χ1) is 19.8. The highest BCUT2D eigenvalue weighted by Gasteiger charge is 2.54. The van der Waals surface area contributed by atoms with Gasteiger partial charge in [-0.3, -0.25) is 4.57 Å². The first-order valence-corrected chi connectivity index (χ1v) is 17.4. The van der Waals surface area contributed by atoms with E-state index in [-0.39, 0.29) is 12.5 Å². The van der Waals surface area contributed by atoms with Crippen LogP contribution < -0.4 is 0 Å². The number of hydrogen-bond acceptors (Lipinski definition) is 6. The van der Waals surface area contributed by atoms with Crippen LogP contribution in [0, 0.1) is 0 Å². The minimum absolute atomic E-state index is 0.126. The molecule has 0 aliphatic carbocycles. The lowest BCUT2D eigenvalue weighted by Crippen LogP contribution is -2.53. The zero-order chi connectivity index (χ0) is 30.4. The summed E-state index contributed by atoms with van der Waals surface area (Å²) in [7, 11) is -0.866. The van der Waals surface area contributed by atoms with E-state index in [1.54, 1.807) is 0 Å². The van der Waals surface area contributed by atoms with Crippen molar-refractivity contribution in [3.63, 3.8) is 0 Å². The minimum atomic E-state index is -2.44. The van der Waals surface area contributed by atoms with Gasteiger partial charge in [0.05, 0.1) is 0 Å². The van der Waals surface area contributed by atoms with Gasteiger partial charge in [-0.25, -0.2) is 4.79 Å². The lowest BCUT2D eigenvalue weighted by atomic mass is 9.87. The molecule has 0 aromatic heterocycles. The van der Waals surface area contributed by atoms with Crippen molar-refractivity contribution in [3.05, 3.63) is 35.9 Å². The summed E-state index contributed by atoms with van der Waals surface area (Å²) in [4.78, 5) is 11.2. The molecular formula is C33H57O6PS. The van der Waals surface area contributed by atoms with Crippen molar-refractivity contribution in [2.75, 3.05) is 6.61 Å². The number of carboxylic acids is 1. The summed E-state index contributed by atoms with van der Waals surface area (Å²) in [5.41, 5.74) is 1.26. The summed E-state index contributed by atoms with van der Waals surface area (Å²) < 4.78 is 23.8. The molecular weight excluding hydrogens is 555 g/mol. The van der Waals surface area contributed by atoms with Crippen LogP contribution in [0.25, 0.3) is 0 Å². The summed E-state index contributed by atoms with van der Waals surface area (Å²) >= 11 is 4.94. The third-order valence-electron chi connectivity index (χ3n) is 7.83. The van der Waals surface area contributed by atoms with E-state index in [9.17, 15) is 19.6 Å². The van der Waals surface area contributed by atoms with Gasteiger partial charge in [0.1, 0.15) is 4.93 Å². The fraction of sp³-hybridized carbons (Fsp3) is 0.788. The topological polar surface area (TPSA) is 93.1 Å². The third kappa shape index (κ3) is 14.8. The molecule has 0 radical (unpaired) electrons. The first-order valence-electron chi connectivity index (χ1n) is 16.1. The van der Waals surface area contributed by atoms with E-state index in [0.717, 1.165) is 38.5 Å². The molecule has 0 bridgehead atoms. The molecule has 4 unspecified atom stereocenters. The molecule has 1 rings (SSSR count). The maximum atomic E-state index is 12.4. The van der Waals surface area contributed by atoms with Gasteiger partial charge in [-0.2, -0.15) is 0 Å². The summed E-state index contributed by atoms with van der Waals surface area (Å²) in [6.45, 7) is 6.40. The number of aliphatic carboxylic acids is 1. The van der Waals surface area contributed by atoms with Crippen molar-refractivity contribution in [1.82, 2.24) is 0 Å². The van der Waals surface area contributed by atoms with E-state index in [1.165, 1.54) is 63.4 Å². The lowest BCUT2D eigenvalue weighted by molar-refractivity contribution is -0.227. The highest BCUT2D eigenvalue weighted by Crippen LogP contribution is 2.43. The van der Waals surface area contributed by atoms with Gasteiger partial charge in [0, 0.05) is 6.61 Å². The van der Waals surface area contributed by atoms with E-state index in [4.69, 9.17) is 22.1 Å². The van der Waals surface area contributed by atoms with Crippen molar-refractivity contribution in [2.24, 2.45) is 0 Å². The molecule has 0 spiro atoms. The zero-order valence-corrected chi connectivity index (χ0v) is 27.7. The fourth-order valence-corrected chi connectivity index (χ4v) is 6.25. The molecule has 0 aliphatic heterocycles. The summed E-state index contributed by atoms with van der Waals surface area (Å²) in [5, 5.41) is 18.4. The van der Waals surface area contributed by atoms with E-state index in [0.29, 0.717) is 19.3 Å². The number of hydrogen-bond donors (Lipinski definition) is 3. The lowest BCUT2D eigenvalue weighted by Gasteiger charge is -2.38.